The zero-order valence-corrected chi connectivity index (χ0v) is 11.0. The van der Waals surface area contributed by atoms with Crippen LogP contribution in [0.4, 0.5) is 4.79 Å². The third-order valence-electron chi connectivity index (χ3n) is 3.62. The predicted molar refractivity (Wildman–Crippen MR) is 65.9 cm³/mol. The Hall–Kier alpha value is -1.30. The summed E-state index contributed by atoms with van der Waals surface area (Å²) in [5, 5.41) is 8.38. The highest BCUT2D eigenvalue weighted by molar-refractivity contribution is 5.73. The fourth-order valence-corrected chi connectivity index (χ4v) is 2.34. The molecule has 0 aromatic carbocycles. The highest BCUT2D eigenvalue weighted by atomic mass is 16.7. The minimum Gasteiger partial charge on any atom is -0.479 e. The van der Waals surface area contributed by atoms with E-state index in [1.807, 2.05) is 0 Å². The number of nitrogens with zero attached hydrogens (tertiary/aromatic N) is 1. The topological polar surface area (TPSA) is 78.9 Å². The molecule has 2 amide bonds. The van der Waals surface area contributed by atoms with E-state index in [-0.39, 0.29) is 12.1 Å². The summed E-state index contributed by atoms with van der Waals surface area (Å²) in [5.41, 5.74) is 2.14. The number of hydrogen-bond acceptors (Lipinski definition) is 3. The molecule has 2 N–H and O–H groups in total. The summed E-state index contributed by atoms with van der Waals surface area (Å²) in [7, 11) is 1.72. The Morgan fingerprint density at radius 3 is 2.44 bits per heavy atom. The van der Waals surface area contributed by atoms with E-state index in [9.17, 15) is 9.59 Å². The SMILES string of the molecule is CCC1CCC(N(C)C(=O)NOCC(=O)O)CC1. The lowest BCUT2D eigenvalue weighted by Gasteiger charge is -2.34. The normalized spacial score (nSPS) is 23.4. The standard InChI is InChI=1S/C12H22N2O4/c1-3-9-4-6-10(7-5-9)14(2)12(17)13-18-8-11(15)16/h9-10H,3-8H2,1-2H3,(H,13,17)(H,15,16). The zero-order valence-electron chi connectivity index (χ0n) is 11.0. The number of urea groups is 1. The summed E-state index contributed by atoms with van der Waals surface area (Å²) in [4.78, 5) is 28.1. The van der Waals surface area contributed by atoms with Gasteiger partial charge in [-0.25, -0.2) is 15.1 Å². The van der Waals surface area contributed by atoms with Gasteiger partial charge in [-0.3, -0.25) is 4.84 Å². The first kappa shape index (κ1) is 14.8. The number of nitrogens with one attached hydrogen (secondary N) is 1. The molecule has 0 saturated heterocycles. The molecule has 0 aliphatic heterocycles. The van der Waals surface area contributed by atoms with Crippen molar-refractivity contribution in [1.29, 1.82) is 0 Å². The van der Waals surface area contributed by atoms with E-state index >= 15 is 0 Å². The van der Waals surface area contributed by atoms with Crippen molar-refractivity contribution in [3.63, 3.8) is 0 Å². The van der Waals surface area contributed by atoms with Gasteiger partial charge in [0.1, 0.15) is 0 Å². The number of rotatable bonds is 5. The van der Waals surface area contributed by atoms with Crippen LogP contribution in [-0.2, 0) is 9.63 Å². The number of hydroxylamine groups is 1. The van der Waals surface area contributed by atoms with E-state index in [0.29, 0.717) is 0 Å². The lowest BCUT2D eigenvalue weighted by Crippen LogP contribution is -2.45. The molecule has 6 heteroatoms. The summed E-state index contributed by atoms with van der Waals surface area (Å²) in [5.74, 6) is -0.331. The average molecular weight is 258 g/mol. The van der Waals surface area contributed by atoms with E-state index in [4.69, 9.17) is 5.11 Å². The van der Waals surface area contributed by atoms with Crippen LogP contribution in [-0.4, -0.2) is 41.7 Å². The number of carboxylic acids is 1. The summed E-state index contributed by atoms with van der Waals surface area (Å²) >= 11 is 0. The van der Waals surface area contributed by atoms with Crippen LogP contribution in [0.5, 0.6) is 0 Å². The van der Waals surface area contributed by atoms with Gasteiger partial charge >= 0.3 is 12.0 Å². The van der Waals surface area contributed by atoms with Gasteiger partial charge in [-0.1, -0.05) is 13.3 Å². The summed E-state index contributed by atoms with van der Waals surface area (Å²) in [6, 6.07) is -0.155. The number of carbonyl (C=O) groups is 2. The van der Waals surface area contributed by atoms with Gasteiger partial charge in [0.25, 0.3) is 0 Å². The average Bonchev–Trinajstić information content (AvgIpc) is 2.37. The molecule has 0 spiro atoms. The van der Waals surface area contributed by atoms with Gasteiger partial charge in [0.05, 0.1) is 0 Å². The van der Waals surface area contributed by atoms with Crippen molar-refractivity contribution in [2.24, 2.45) is 5.92 Å². The largest absolute Gasteiger partial charge is 0.479 e. The van der Waals surface area contributed by atoms with Gasteiger partial charge < -0.3 is 10.0 Å². The van der Waals surface area contributed by atoms with Crippen molar-refractivity contribution >= 4 is 12.0 Å². The first-order valence-electron chi connectivity index (χ1n) is 6.41. The molecule has 6 nitrogen and oxygen atoms in total. The van der Waals surface area contributed by atoms with E-state index < -0.39 is 12.6 Å². The molecule has 0 aromatic heterocycles. The Balaban J connectivity index is 2.28. The highest BCUT2D eigenvalue weighted by Crippen LogP contribution is 2.28. The molecule has 1 saturated carbocycles. The maximum absolute atomic E-state index is 11.7. The zero-order chi connectivity index (χ0) is 13.5. The molecule has 104 valence electrons. The quantitative estimate of drug-likeness (QED) is 0.734. The maximum Gasteiger partial charge on any atom is 0.341 e. The van der Waals surface area contributed by atoms with Crippen molar-refractivity contribution in [3.05, 3.63) is 0 Å². The Kier molecular flexibility index (Phi) is 5.91. The summed E-state index contributed by atoms with van der Waals surface area (Å²) < 4.78 is 0. The van der Waals surface area contributed by atoms with Crippen molar-refractivity contribution < 1.29 is 19.5 Å². The third kappa shape index (κ3) is 4.52. The Bertz CT molecular complexity index is 288. The molecule has 1 rings (SSSR count). The predicted octanol–water partition coefficient (Wildman–Crippen LogP) is 1.61. The molecule has 0 bridgehead atoms. The molecule has 0 heterocycles. The summed E-state index contributed by atoms with van der Waals surface area (Å²) in [6.07, 6.45) is 5.50. The fourth-order valence-electron chi connectivity index (χ4n) is 2.34. The monoisotopic (exact) mass is 258 g/mol. The van der Waals surface area contributed by atoms with Crippen molar-refractivity contribution in [3.8, 4) is 0 Å². The van der Waals surface area contributed by atoms with E-state index in [1.165, 1.54) is 6.42 Å². The van der Waals surface area contributed by atoms with Crippen LogP contribution in [0.3, 0.4) is 0 Å². The van der Waals surface area contributed by atoms with Gasteiger partial charge in [-0.05, 0) is 31.6 Å². The van der Waals surface area contributed by atoms with Crippen LogP contribution >= 0.6 is 0 Å². The van der Waals surface area contributed by atoms with Crippen LogP contribution in [0.25, 0.3) is 0 Å². The van der Waals surface area contributed by atoms with Gasteiger partial charge in [-0.2, -0.15) is 0 Å². The molecule has 0 radical (unpaired) electrons. The smallest absolute Gasteiger partial charge is 0.341 e. The molecule has 1 aliphatic rings. The van der Waals surface area contributed by atoms with Crippen LogP contribution < -0.4 is 5.48 Å². The van der Waals surface area contributed by atoms with Crippen molar-refractivity contribution in [1.82, 2.24) is 10.4 Å². The maximum atomic E-state index is 11.7. The Labute approximate surface area is 107 Å². The number of aliphatic carboxylic acids is 1. The molecular weight excluding hydrogens is 236 g/mol. The second-order valence-electron chi connectivity index (χ2n) is 4.78. The van der Waals surface area contributed by atoms with E-state index in [0.717, 1.165) is 31.6 Å². The number of hydrogen-bond donors (Lipinski definition) is 2. The van der Waals surface area contributed by atoms with Crippen LogP contribution in [0, 0.1) is 5.92 Å². The third-order valence-corrected chi connectivity index (χ3v) is 3.62. The molecule has 1 fully saturated rings. The molecule has 1 aliphatic carbocycles. The minimum absolute atomic E-state index is 0.223. The number of carbonyl (C=O) groups excluding carboxylic acids is 1. The molecule has 0 unspecified atom stereocenters. The lowest BCUT2D eigenvalue weighted by atomic mass is 9.84. The molecule has 18 heavy (non-hydrogen) atoms. The molecule has 0 atom stereocenters. The first-order chi connectivity index (χ1) is 8.54. The minimum atomic E-state index is -1.11. The Morgan fingerprint density at radius 2 is 1.94 bits per heavy atom. The van der Waals surface area contributed by atoms with Crippen molar-refractivity contribution in [2.45, 2.75) is 45.1 Å². The fraction of sp³-hybridized carbons (Fsp3) is 0.833. The highest BCUT2D eigenvalue weighted by Gasteiger charge is 2.25. The van der Waals surface area contributed by atoms with Gasteiger partial charge in [-0.15, -0.1) is 0 Å². The van der Waals surface area contributed by atoms with Gasteiger partial charge in [0.2, 0.25) is 0 Å². The van der Waals surface area contributed by atoms with Gasteiger partial charge in [0, 0.05) is 13.1 Å². The lowest BCUT2D eigenvalue weighted by molar-refractivity contribution is -0.144. The molecule has 0 aromatic rings. The second-order valence-corrected chi connectivity index (χ2v) is 4.78. The Morgan fingerprint density at radius 1 is 1.33 bits per heavy atom. The van der Waals surface area contributed by atoms with E-state index in [2.05, 4.69) is 17.2 Å². The number of carboxylic acid groups (broad SMARTS) is 1. The van der Waals surface area contributed by atoms with Gasteiger partial charge in [0.15, 0.2) is 6.61 Å². The molecular formula is C12H22N2O4. The second kappa shape index (κ2) is 7.20. The number of amides is 2. The van der Waals surface area contributed by atoms with Crippen molar-refractivity contribution in [2.75, 3.05) is 13.7 Å². The van der Waals surface area contributed by atoms with Crippen LogP contribution in [0.1, 0.15) is 39.0 Å². The van der Waals surface area contributed by atoms with Crippen LogP contribution in [0.2, 0.25) is 0 Å². The van der Waals surface area contributed by atoms with Crippen LogP contribution in [0.15, 0.2) is 0 Å². The first-order valence-corrected chi connectivity index (χ1v) is 6.41. The summed E-state index contributed by atoms with van der Waals surface area (Å²) in [6.45, 7) is 1.67. The van der Waals surface area contributed by atoms with E-state index in [1.54, 1.807) is 11.9 Å².